The molecule has 0 spiro atoms. The molecule has 2 rings (SSSR count). The molecule has 4 nitrogen and oxygen atoms in total. The van der Waals surface area contributed by atoms with Crippen molar-refractivity contribution in [1.82, 2.24) is 0 Å². The van der Waals surface area contributed by atoms with Gasteiger partial charge in [-0.3, -0.25) is 4.79 Å². The highest BCUT2D eigenvalue weighted by Crippen LogP contribution is 2.23. The van der Waals surface area contributed by atoms with Crippen LogP contribution in [0, 0.1) is 17.6 Å². The highest BCUT2D eigenvalue weighted by molar-refractivity contribution is 5.74. The minimum Gasteiger partial charge on any atom is -0.459 e. The first-order chi connectivity index (χ1) is 9.45. The van der Waals surface area contributed by atoms with E-state index in [0.717, 1.165) is 18.2 Å². The fourth-order valence-electron chi connectivity index (χ4n) is 2.09. The fourth-order valence-corrected chi connectivity index (χ4v) is 2.09. The van der Waals surface area contributed by atoms with Crippen molar-refractivity contribution < 1.29 is 28.2 Å². The molecule has 1 saturated heterocycles. The summed E-state index contributed by atoms with van der Waals surface area (Å²) in [6, 6.07) is 3.10. The molecule has 6 heteroatoms. The minimum absolute atomic E-state index is 0.0258. The molecule has 1 aromatic carbocycles. The summed E-state index contributed by atoms with van der Waals surface area (Å²) in [5, 5.41) is 9.82. The number of carbonyl (C=O) groups is 1. The number of carbonyl (C=O) groups excluding carboxylic acids is 1. The number of esters is 1. The van der Waals surface area contributed by atoms with Gasteiger partial charge in [0.05, 0.1) is 19.1 Å². The topological polar surface area (TPSA) is 55.8 Å². The number of ether oxygens (including phenoxy) is 2. The fraction of sp³-hybridized carbons (Fsp3) is 0.500. The van der Waals surface area contributed by atoms with E-state index >= 15 is 0 Å². The largest absolute Gasteiger partial charge is 0.459 e. The van der Waals surface area contributed by atoms with Crippen LogP contribution in [-0.4, -0.2) is 29.9 Å². The van der Waals surface area contributed by atoms with Crippen LogP contribution < -0.4 is 0 Å². The van der Waals surface area contributed by atoms with E-state index in [0.29, 0.717) is 12.0 Å². The highest BCUT2D eigenvalue weighted by Gasteiger charge is 2.35. The number of halogens is 2. The zero-order valence-corrected chi connectivity index (χ0v) is 11.0. The van der Waals surface area contributed by atoms with E-state index in [-0.39, 0.29) is 25.1 Å². The zero-order valence-electron chi connectivity index (χ0n) is 11.0. The Labute approximate surface area is 115 Å². The number of rotatable bonds is 5. The first-order valence-corrected chi connectivity index (χ1v) is 6.37. The zero-order chi connectivity index (χ0) is 14.7. The predicted molar refractivity (Wildman–Crippen MR) is 65.7 cm³/mol. The molecule has 110 valence electrons. The standard InChI is InChI=1S/C14H16F2O4/c1-8-2-13(20-14(8)18)12(17)7-19-6-9-3-10(15)5-11(16)4-9/h3-5,8,12-13,17H,2,6-7H2,1H3/t8-,12-,13+/m1/s1. The van der Waals surface area contributed by atoms with Gasteiger partial charge in [0.1, 0.15) is 23.8 Å². The lowest BCUT2D eigenvalue weighted by Crippen LogP contribution is -2.30. The summed E-state index contributed by atoms with van der Waals surface area (Å²) in [7, 11) is 0. The molecule has 0 amide bonds. The maximum atomic E-state index is 12.9. The van der Waals surface area contributed by atoms with E-state index < -0.39 is 23.8 Å². The van der Waals surface area contributed by atoms with Crippen LogP contribution >= 0.6 is 0 Å². The lowest BCUT2D eigenvalue weighted by atomic mass is 10.0. The third-order valence-corrected chi connectivity index (χ3v) is 3.16. The smallest absolute Gasteiger partial charge is 0.309 e. The summed E-state index contributed by atoms with van der Waals surface area (Å²) in [4.78, 5) is 11.2. The second-order valence-electron chi connectivity index (χ2n) is 4.97. The van der Waals surface area contributed by atoms with Crippen LogP contribution in [-0.2, 0) is 20.9 Å². The van der Waals surface area contributed by atoms with Crippen LogP contribution in [0.2, 0.25) is 0 Å². The predicted octanol–water partition coefficient (Wildman–Crippen LogP) is 1.79. The lowest BCUT2D eigenvalue weighted by molar-refractivity contribution is -0.149. The molecule has 0 bridgehead atoms. The van der Waals surface area contributed by atoms with Crippen LogP contribution in [0.4, 0.5) is 8.78 Å². The SMILES string of the molecule is C[C@@H]1C[C@@H]([C@H](O)COCc2cc(F)cc(F)c2)OC1=O. The number of aliphatic hydroxyl groups excluding tert-OH is 1. The van der Waals surface area contributed by atoms with E-state index in [1.807, 2.05) is 0 Å². The Morgan fingerprint density at radius 3 is 2.60 bits per heavy atom. The van der Waals surface area contributed by atoms with Crippen molar-refractivity contribution in [2.45, 2.75) is 32.2 Å². The van der Waals surface area contributed by atoms with E-state index in [9.17, 15) is 18.7 Å². The summed E-state index contributed by atoms with van der Waals surface area (Å²) < 4.78 is 36.1. The van der Waals surface area contributed by atoms with Gasteiger partial charge in [-0.25, -0.2) is 8.78 Å². The number of cyclic esters (lactones) is 1. The normalized spacial score (nSPS) is 23.7. The molecule has 1 fully saturated rings. The highest BCUT2D eigenvalue weighted by atomic mass is 19.1. The van der Waals surface area contributed by atoms with E-state index in [4.69, 9.17) is 9.47 Å². The van der Waals surface area contributed by atoms with Crippen LogP contribution in [0.15, 0.2) is 18.2 Å². The van der Waals surface area contributed by atoms with Crippen molar-refractivity contribution in [3.63, 3.8) is 0 Å². The van der Waals surface area contributed by atoms with Gasteiger partial charge in [0.2, 0.25) is 0 Å². The average Bonchev–Trinajstić information content (AvgIpc) is 2.68. The molecule has 0 unspecified atom stereocenters. The molecule has 0 aromatic heterocycles. The Morgan fingerprint density at radius 2 is 2.05 bits per heavy atom. The Balaban J connectivity index is 1.79. The van der Waals surface area contributed by atoms with E-state index in [2.05, 4.69) is 0 Å². The number of aliphatic hydroxyl groups is 1. The average molecular weight is 286 g/mol. The Hall–Kier alpha value is -1.53. The summed E-state index contributed by atoms with van der Waals surface area (Å²) >= 11 is 0. The minimum atomic E-state index is -0.942. The molecular formula is C14H16F2O4. The first kappa shape index (κ1) is 14.9. The Morgan fingerprint density at radius 1 is 1.40 bits per heavy atom. The summed E-state index contributed by atoms with van der Waals surface area (Å²) in [5.74, 6) is -1.92. The van der Waals surface area contributed by atoms with Crippen LogP contribution in [0.25, 0.3) is 0 Å². The molecule has 20 heavy (non-hydrogen) atoms. The van der Waals surface area contributed by atoms with Gasteiger partial charge in [0.15, 0.2) is 0 Å². The van der Waals surface area contributed by atoms with Gasteiger partial charge < -0.3 is 14.6 Å². The van der Waals surface area contributed by atoms with Crippen LogP contribution in [0.5, 0.6) is 0 Å². The van der Waals surface area contributed by atoms with Crippen molar-refractivity contribution >= 4 is 5.97 Å². The third-order valence-electron chi connectivity index (χ3n) is 3.16. The Bertz CT molecular complexity index is 472. The number of hydrogen-bond acceptors (Lipinski definition) is 4. The summed E-state index contributed by atoms with van der Waals surface area (Å²) in [5.41, 5.74) is 0.339. The van der Waals surface area contributed by atoms with E-state index in [1.165, 1.54) is 0 Å². The molecule has 1 N–H and O–H groups in total. The van der Waals surface area contributed by atoms with Crippen molar-refractivity contribution in [3.05, 3.63) is 35.4 Å². The molecular weight excluding hydrogens is 270 g/mol. The van der Waals surface area contributed by atoms with Crippen molar-refractivity contribution in [3.8, 4) is 0 Å². The molecule has 0 aliphatic carbocycles. The maximum Gasteiger partial charge on any atom is 0.309 e. The maximum absolute atomic E-state index is 12.9. The lowest BCUT2D eigenvalue weighted by Gasteiger charge is -2.17. The molecule has 1 heterocycles. The third kappa shape index (κ3) is 3.74. The first-order valence-electron chi connectivity index (χ1n) is 6.37. The summed E-state index contributed by atoms with van der Waals surface area (Å²) in [6.07, 6.45) is -1.08. The second-order valence-corrected chi connectivity index (χ2v) is 4.97. The number of hydrogen-bond donors (Lipinski definition) is 1. The second kappa shape index (κ2) is 6.28. The van der Waals surface area contributed by atoms with Gasteiger partial charge in [-0.1, -0.05) is 6.92 Å². The van der Waals surface area contributed by atoms with Crippen LogP contribution in [0.1, 0.15) is 18.9 Å². The number of benzene rings is 1. The molecule has 0 saturated carbocycles. The van der Waals surface area contributed by atoms with Crippen molar-refractivity contribution in [2.75, 3.05) is 6.61 Å². The summed E-state index contributed by atoms with van der Waals surface area (Å²) in [6.45, 7) is 1.64. The van der Waals surface area contributed by atoms with E-state index in [1.54, 1.807) is 6.92 Å². The molecule has 1 aromatic rings. The van der Waals surface area contributed by atoms with Crippen LogP contribution in [0.3, 0.4) is 0 Å². The van der Waals surface area contributed by atoms with Crippen molar-refractivity contribution in [1.29, 1.82) is 0 Å². The van der Waals surface area contributed by atoms with Gasteiger partial charge in [0.25, 0.3) is 0 Å². The van der Waals surface area contributed by atoms with Crippen molar-refractivity contribution in [2.24, 2.45) is 5.92 Å². The molecule has 3 atom stereocenters. The van der Waals surface area contributed by atoms with Gasteiger partial charge in [-0.15, -0.1) is 0 Å². The van der Waals surface area contributed by atoms with Gasteiger partial charge in [-0.2, -0.15) is 0 Å². The van der Waals surface area contributed by atoms with Gasteiger partial charge in [0, 0.05) is 12.5 Å². The Kier molecular flexibility index (Phi) is 4.67. The molecule has 1 aliphatic rings. The monoisotopic (exact) mass is 286 g/mol. The molecule has 1 aliphatic heterocycles. The van der Waals surface area contributed by atoms with Gasteiger partial charge in [-0.05, 0) is 17.7 Å². The molecule has 0 radical (unpaired) electrons. The van der Waals surface area contributed by atoms with Gasteiger partial charge >= 0.3 is 5.97 Å². The quantitative estimate of drug-likeness (QED) is 0.839.